The van der Waals surface area contributed by atoms with Gasteiger partial charge in [-0.25, -0.2) is 9.40 Å². The highest BCUT2D eigenvalue weighted by Crippen LogP contribution is 2.39. The van der Waals surface area contributed by atoms with Crippen molar-refractivity contribution in [1.29, 1.82) is 0 Å². The Morgan fingerprint density at radius 3 is 2.64 bits per heavy atom. The number of benzene rings is 2. The summed E-state index contributed by atoms with van der Waals surface area (Å²) in [5, 5.41) is 6.00. The number of halogens is 1. The third kappa shape index (κ3) is 5.36. The van der Waals surface area contributed by atoms with Gasteiger partial charge in [0, 0.05) is 17.5 Å². The lowest BCUT2D eigenvalue weighted by molar-refractivity contribution is -0.152. The van der Waals surface area contributed by atoms with Crippen molar-refractivity contribution in [3.63, 3.8) is 0 Å². The Balaban J connectivity index is 1.68. The standard InChI is InChI=1S/C27H32FN3O5/c1-4-36-27(33)23-11-7-8-14-30(23)17-26(32)31-24(20-15-18(34-2)12-13-25(20)35-3)16-22(29-31)19-9-5-6-10-21(19)28/h5-6,9-10,12-13,15,23-24H,4,7-8,11,14,16-17H2,1-3H3/t23-,24+/m1/s1. The van der Waals surface area contributed by atoms with Crippen LogP contribution in [0.25, 0.3) is 0 Å². The Morgan fingerprint density at radius 2 is 1.92 bits per heavy atom. The van der Waals surface area contributed by atoms with Crippen LogP contribution < -0.4 is 9.47 Å². The summed E-state index contributed by atoms with van der Waals surface area (Å²) in [4.78, 5) is 28.1. The predicted molar refractivity (Wildman–Crippen MR) is 133 cm³/mol. The molecular formula is C27H32FN3O5. The summed E-state index contributed by atoms with van der Waals surface area (Å²) in [6.07, 6.45) is 2.73. The van der Waals surface area contributed by atoms with Gasteiger partial charge in [0.15, 0.2) is 0 Å². The van der Waals surface area contributed by atoms with Crippen molar-refractivity contribution in [1.82, 2.24) is 9.91 Å². The molecule has 1 amide bonds. The van der Waals surface area contributed by atoms with Gasteiger partial charge in [-0.2, -0.15) is 5.10 Å². The second-order valence-electron chi connectivity index (χ2n) is 8.83. The first kappa shape index (κ1) is 25.6. The van der Waals surface area contributed by atoms with Gasteiger partial charge in [-0.15, -0.1) is 0 Å². The van der Waals surface area contributed by atoms with Gasteiger partial charge in [0.2, 0.25) is 0 Å². The van der Waals surface area contributed by atoms with Crippen LogP contribution in [0.1, 0.15) is 49.8 Å². The van der Waals surface area contributed by atoms with Gasteiger partial charge in [-0.05, 0) is 50.6 Å². The van der Waals surface area contributed by atoms with Crippen LogP contribution in [0.5, 0.6) is 11.5 Å². The van der Waals surface area contributed by atoms with Crippen molar-refractivity contribution in [2.45, 2.75) is 44.7 Å². The Bertz CT molecular complexity index is 1140. The van der Waals surface area contributed by atoms with E-state index in [1.165, 1.54) is 11.1 Å². The molecule has 0 N–H and O–H groups in total. The number of nitrogens with zero attached hydrogens (tertiary/aromatic N) is 3. The molecule has 2 heterocycles. The van der Waals surface area contributed by atoms with Gasteiger partial charge in [0.1, 0.15) is 23.4 Å². The van der Waals surface area contributed by atoms with Crippen LogP contribution in [0.15, 0.2) is 47.6 Å². The molecule has 2 aromatic carbocycles. The van der Waals surface area contributed by atoms with Gasteiger partial charge in [0.25, 0.3) is 5.91 Å². The van der Waals surface area contributed by atoms with Crippen molar-refractivity contribution in [2.24, 2.45) is 5.10 Å². The molecule has 2 atom stereocenters. The van der Waals surface area contributed by atoms with E-state index in [1.807, 2.05) is 11.0 Å². The van der Waals surface area contributed by atoms with Crippen molar-refractivity contribution in [3.8, 4) is 11.5 Å². The first-order valence-corrected chi connectivity index (χ1v) is 12.2. The third-order valence-electron chi connectivity index (χ3n) is 6.66. The minimum atomic E-state index is -0.525. The molecule has 0 bridgehead atoms. The fraction of sp³-hybridized carbons (Fsp3) is 0.444. The maximum absolute atomic E-state index is 14.7. The Kier molecular flexibility index (Phi) is 8.20. The number of carbonyl (C=O) groups is 2. The summed E-state index contributed by atoms with van der Waals surface area (Å²) >= 11 is 0. The minimum absolute atomic E-state index is 0.000314. The number of piperidine rings is 1. The highest BCUT2D eigenvalue weighted by atomic mass is 19.1. The second kappa shape index (κ2) is 11.5. The van der Waals surface area contributed by atoms with Crippen molar-refractivity contribution in [3.05, 3.63) is 59.4 Å². The van der Waals surface area contributed by atoms with Crippen LogP contribution in [0.2, 0.25) is 0 Å². The fourth-order valence-electron chi connectivity index (χ4n) is 4.87. The summed E-state index contributed by atoms with van der Waals surface area (Å²) in [5.74, 6) is 0.183. The van der Waals surface area contributed by atoms with E-state index < -0.39 is 17.9 Å². The van der Waals surface area contributed by atoms with Crippen LogP contribution >= 0.6 is 0 Å². The molecule has 0 aliphatic carbocycles. The summed E-state index contributed by atoms with van der Waals surface area (Å²) in [6.45, 7) is 2.67. The van der Waals surface area contributed by atoms with E-state index in [1.54, 1.807) is 51.5 Å². The molecule has 4 rings (SSSR count). The SMILES string of the molecule is CCOC(=O)[C@H]1CCCCN1CC(=O)N1N=C(c2ccccc2F)C[C@H]1c1cc(OC)ccc1OC. The number of likely N-dealkylation sites (tertiary alicyclic amines) is 1. The zero-order chi connectivity index (χ0) is 25.7. The van der Waals surface area contributed by atoms with Crippen LogP contribution in [-0.4, -0.2) is 67.5 Å². The predicted octanol–water partition coefficient (Wildman–Crippen LogP) is 3.94. The van der Waals surface area contributed by atoms with E-state index in [0.29, 0.717) is 47.7 Å². The Labute approximate surface area is 210 Å². The number of ether oxygens (including phenoxy) is 3. The quantitative estimate of drug-likeness (QED) is 0.514. The van der Waals surface area contributed by atoms with Crippen LogP contribution in [0, 0.1) is 5.82 Å². The number of methoxy groups -OCH3 is 2. The van der Waals surface area contributed by atoms with E-state index >= 15 is 0 Å². The normalized spacial score (nSPS) is 20.1. The summed E-state index contributed by atoms with van der Waals surface area (Å²) in [6, 6.07) is 10.8. The first-order valence-electron chi connectivity index (χ1n) is 12.2. The van der Waals surface area contributed by atoms with Crippen LogP contribution in [-0.2, 0) is 14.3 Å². The number of carbonyl (C=O) groups excluding carboxylic acids is 2. The maximum Gasteiger partial charge on any atom is 0.323 e. The van der Waals surface area contributed by atoms with E-state index in [2.05, 4.69) is 5.10 Å². The number of hydrogen-bond donors (Lipinski definition) is 0. The fourth-order valence-corrected chi connectivity index (χ4v) is 4.87. The zero-order valence-electron chi connectivity index (χ0n) is 20.9. The van der Waals surface area contributed by atoms with Gasteiger partial charge < -0.3 is 14.2 Å². The summed E-state index contributed by atoms with van der Waals surface area (Å²) in [5.41, 5.74) is 1.53. The number of hydrazone groups is 1. The lowest BCUT2D eigenvalue weighted by atomic mass is 9.97. The molecular weight excluding hydrogens is 465 g/mol. The van der Waals surface area contributed by atoms with E-state index in [4.69, 9.17) is 14.2 Å². The molecule has 1 fully saturated rings. The van der Waals surface area contributed by atoms with E-state index in [9.17, 15) is 14.0 Å². The largest absolute Gasteiger partial charge is 0.497 e. The van der Waals surface area contributed by atoms with Gasteiger partial charge >= 0.3 is 5.97 Å². The molecule has 36 heavy (non-hydrogen) atoms. The number of hydrogen-bond acceptors (Lipinski definition) is 7. The lowest BCUT2D eigenvalue weighted by Gasteiger charge is -2.34. The number of rotatable bonds is 8. The third-order valence-corrected chi connectivity index (χ3v) is 6.66. The molecule has 1 saturated heterocycles. The molecule has 0 saturated carbocycles. The lowest BCUT2D eigenvalue weighted by Crippen LogP contribution is -2.49. The number of esters is 1. The molecule has 192 valence electrons. The van der Waals surface area contributed by atoms with Crippen LogP contribution in [0.4, 0.5) is 4.39 Å². The highest BCUT2D eigenvalue weighted by molar-refractivity contribution is 6.03. The second-order valence-corrected chi connectivity index (χ2v) is 8.83. The molecule has 2 aliphatic heterocycles. The molecule has 0 radical (unpaired) electrons. The topological polar surface area (TPSA) is 80.7 Å². The molecule has 9 heteroatoms. The average Bonchev–Trinajstić information content (AvgIpc) is 3.34. The van der Waals surface area contributed by atoms with Gasteiger partial charge in [-0.1, -0.05) is 24.6 Å². The summed E-state index contributed by atoms with van der Waals surface area (Å²) in [7, 11) is 3.12. The first-order chi connectivity index (χ1) is 17.5. The van der Waals surface area contributed by atoms with Crippen molar-refractivity contribution in [2.75, 3.05) is 33.9 Å². The van der Waals surface area contributed by atoms with Crippen LogP contribution in [0.3, 0.4) is 0 Å². The van der Waals surface area contributed by atoms with Gasteiger partial charge in [0.05, 0.1) is 39.1 Å². The molecule has 0 aromatic heterocycles. The molecule has 8 nitrogen and oxygen atoms in total. The van der Waals surface area contributed by atoms with Crippen molar-refractivity contribution < 1.29 is 28.2 Å². The zero-order valence-corrected chi connectivity index (χ0v) is 20.9. The monoisotopic (exact) mass is 497 g/mol. The number of amides is 1. The smallest absolute Gasteiger partial charge is 0.323 e. The highest BCUT2D eigenvalue weighted by Gasteiger charge is 2.38. The minimum Gasteiger partial charge on any atom is -0.497 e. The van der Waals surface area contributed by atoms with Gasteiger partial charge in [-0.3, -0.25) is 14.5 Å². The van der Waals surface area contributed by atoms with Crippen molar-refractivity contribution >= 4 is 17.6 Å². The molecule has 2 aliphatic rings. The maximum atomic E-state index is 14.7. The Morgan fingerprint density at radius 1 is 1.11 bits per heavy atom. The summed E-state index contributed by atoms with van der Waals surface area (Å²) < 4.78 is 30.9. The molecule has 0 spiro atoms. The van der Waals surface area contributed by atoms with E-state index in [0.717, 1.165) is 12.8 Å². The average molecular weight is 498 g/mol. The molecule has 2 aromatic rings. The Hall–Kier alpha value is -3.46. The molecule has 0 unspecified atom stereocenters. The van der Waals surface area contributed by atoms with E-state index in [-0.39, 0.29) is 25.0 Å².